The zero-order valence-electron chi connectivity index (χ0n) is 9.65. The molecule has 16 heavy (non-hydrogen) atoms. The summed E-state index contributed by atoms with van der Waals surface area (Å²) in [7, 11) is 0. The van der Waals surface area contributed by atoms with Crippen LogP contribution in [0.15, 0.2) is 27.6 Å². The van der Waals surface area contributed by atoms with Crippen molar-refractivity contribution in [2.45, 2.75) is 44.6 Å². The van der Waals surface area contributed by atoms with E-state index < -0.39 is 0 Å². The predicted octanol–water partition coefficient (Wildman–Crippen LogP) is 2.70. The Morgan fingerprint density at radius 1 is 1.56 bits per heavy atom. The third-order valence-electron chi connectivity index (χ3n) is 3.27. The summed E-state index contributed by atoms with van der Waals surface area (Å²) in [6, 6.07) is 3.66. The fourth-order valence-corrected chi connectivity index (χ4v) is 2.34. The van der Waals surface area contributed by atoms with Crippen LogP contribution < -0.4 is 5.63 Å². The minimum Gasteiger partial charge on any atom is -0.431 e. The molecule has 0 amide bonds. The van der Waals surface area contributed by atoms with E-state index in [0.29, 0.717) is 6.10 Å². The number of rotatable bonds is 4. The summed E-state index contributed by atoms with van der Waals surface area (Å²) in [5.41, 5.74) is 0.591. The van der Waals surface area contributed by atoms with Crippen molar-refractivity contribution in [2.75, 3.05) is 6.61 Å². The van der Waals surface area contributed by atoms with Gasteiger partial charge >= 0.3 is 5.63 Å². The van der Waals surface area contributed by atoms with Gasteiger partial charge < -0.3 is 9.15 Å². The molecule has 0 spiro atoms. The van der Waals surface area contributed by atoms with E-state index in [4.69, 9.17) is 9.15 Å². The van der Waals surface area contributed by atoms with Crippen LogP contribution in [0.4, 0.5) is 0 Å². The van der Waals surface area contributed by atoms with Crippen LogP contribution in [-0.2, 0) is 4.74 Å². The Balaban J connectivity index is 2.09. The van der Waals surface area contributed by atoms with Crippen LogP contribution in [0.2, 0.25) is 0 Å². The van der Waals surface area contributed by atoms with Gasteiger partial charge in [0.15, 0.2) is 0 Å². The van der Waals surface area contributed by atoms with Crippen molar-refractivity contribution in [1.29, 1.82) is 0 Å². The Hall–Kier alpha value is -1.09. The summed E-state index contributed by atoms with van der Waals surface area (Å²) in [4.78, 5) is 11.6. The van der Waals surface area contributed by atoms with Gasteiger partial charge in [0, 0.05) is 12.2 Å². The Kier molecular flexibility index (Phi) is 3.78. The molecule has 0 aliphatic carbocycles. The van der Waals surface area contributed by atoms with Gasteiger partial charge in [-0.05, 0) is 43.7 Å². The normalized spacial score (nSPS) is 22.2. The smallest absolute Gasteiger partial charge is 0.339 e. The Morgan fingerprint density at radius 2 is 2.44 bits per heavy atom. The maximum atomic E-state index is 11.6. The highest BCUT2D eigenvalue weighted by molar-refractivity contribution is 5.13. The molecule has 3 heteroatoms. The highest BCUT2D eigenvalue weighted by atomic mass is 16.5. The van der Waals surface area contributed by atoms with Crippen molar-refractivity contribution in [3.8, 4) is 0 Å². The maximum Gasteiger partial charge on any atom is 0.339 e. The minimum absolute atomic E-state index is 0.202. The molecule has 2 atom stereocenters. The van der Waals surface area contributed by atoms with Crippen LogP contribution in [-0.4, -0.2) is 12.7 Å². The second-order valence-corrected chi connectivity index (χ2v) is 4.33. The molecular formula is C13H18O3. The average molecular weight is 222 g/mol. The molecule has 2 unspecified atom stereocenters. The second kappa shape index (κ2) is 5.30. The van der Waals surface area contributed by atoms with Crippen LogP contribution in [0.1, 0.15) is 44.1 Å². The molecule has 2 heterocycles. The quantitative estimate of drug-likeness (QED) is 0.786. The van der Waals surface area contributed by atoms with E-state index in [9.17, 15) is 4.79 Å². The molecule has 1 aliphatic heterocycles. The summed E-state index contributed by atoms with van der Waals surface area (Å²) >= 11 is 0. The molecule has 3 nitrogen and oxygen atoms in total. The Labute approximate surface area is 95.4 Å². The van der Waals surface area contributed by atoms with Crippen LogP contribution in [0, 0.1) is 0 Å². The lowest BCUT2D eigenvalue weighted by atomic mass is 9.91. The van der Waals surface area contributed by atoms with Crippen LogP contribution in [0.3, 0.4) is 0 Å². The third kappa shape index (κ3) is 2.53. The van der Waals surface area contributed by atoms with Gasteiger partial charge in [-0.2, -0.15) is 0 Å². The highest BCUT2D eigenvalue weighted by Gasteiger charge is 2.22. The lowest BCUT2D eigenvalue weighted by Crippen LogP contribution is -2.17. The first kappa shape index (κ1) is 11.4. The van der Waals surface area contributed by atoms with Crippen molar-refractivity contribution in [1.82, 2.24) is 0 Å². The van der Waals surface area contributed by atoms with Gasteiger partial charge in [0.1, 0.15) is 0 Å². The van der Waals surface area contributed by atoms with E-state index in [1.807, 2.05) is 6.07 Å². The minimum atomic E-state index is -0.202. The van der Waals surface area contributed by atoms with Gasteiger partial charge in [0.05, 0.1) is 12.4 Å². The monoisotopic (exact) mass is 222 g/mol. The van der Waals surface area contributed by atoms with Gasteiger partial charge in [-0.1, -0.05) is 6.92 Å². The van der Waals surface area contributed by atoms with Gasteiger partial charge in [-0.25, -0.2) is 4.79 Å². The van der Waals surface area contributed by atoms with Crippen LogP contribution >= 0.6 is 0 Å². The van der Waals surface area contributed by atoms with E-state index in [1.54, 1.807) is 6.07 Å². The topological polar surface area (TPSA) is 39.4 Å². The molecule has 0 bridgehead atoms. The van der Waals surface area contributed by atoms with Crippen LogP contribution in [0.5, 0.6) is 0 Å². The first-order chi connectivity index (χ1) is 7.81. The van der Waals surface area contributed by atoms with E-state index >= 15 is 0 Å². The molecule has 0 radical (unpaired) electrons. The molecule has 0 saturated carbocycles. The van der Waals surface area contributed by atoms with Gasteiger partial charge in [0.2, 0.25) is 0 Å². The zero-order valence-corrected chi connectivity index (χ0v) is 9.65. The summed E-state index contributed by atoms with van der Waals surface area (Å²) in [6.45, 7) is 2.97. The fourth-order valence-electron chi connectivity index (χ4n) is 2.34. The average Bonchev–Trinajstić information content (AvgIpc) is 2.80. The maximum absolute atomic E-state index is 11.6. The third-order valence-corrected chi connectivity index (χ3v) is 3.27. The molecule has 0 aromatic carbocycles. The lowest BCUT2D eigenvalue weighted by molar-refractivity contribution is 0.0971. The summed E-state index contributed by atoms with van der Waals surface area (Å²) < 4.78 is 10.5. The molecule has 1 aromatic heterocycles. The molecule has 2 rings (SSSR count). The van der Waals surface area contributed by atoms with Gasteiger partial charge in [0.25, 0.3) is 0 Å². The summed E-state index contributed by atoms with van der Waals surface area (Å²) in [5.74, 6) is 0.264. The number of ether oxygens (including phenoxy) is 1. The van der Waals surface area contributed by atoms with E-state index in [2.05, 4.69) is 6.92 Å². The van der Waals surface area contributed by atoms with Crippen molar-refractivity contribution in [2.24, 2.45) is 0 Å². The van der Waals surface area contributed by atoms with Crippen LogP contribution in [0.25, 0.3) is 0 Å². The van der Waals surface area contributed by atoms with Crippen molar-refractivity contribution in [3.05, 3.63) is 34.4 Å². The van der Waals surface area contributed by atoms with E-state index in [1.165, 1.54) is 6.26 Å². The van der Waals surface area contributed by atoms with E-state index in [0.717, 1.165) is 37.9 Å². The van der Waals surface area contributed by atoms with E-state index in [-0.39, 0.29) is 11.5 Å². The molecule has 0 N–H and O–H groups in total. The first-order valence-electron chi connectivity index (χ1n) is 6.00. The number of hydrogen-bond acceptors (Lipinski definition) is 3. The molecule has 1 saturated heterocycles. The Bertz CT molecular complexity index is 377. The molecule has 1 fully saturated rings. The summed E-state index contributed by atoms with van der Waals surface area (Å²) in [5, 5.41) is 0. The second-order valence-electron chi connectivity index (χ2n) is 4.33. The fraction of sp³-hybridized carbons (Fsp3) is 0.615. The molecule has 88 valence electrons. The molecule has 1 aromatic rings. The van der Waals surface area contributed by atoms with Crippen molar-refractivity contribution in [3.63, 3.8) is 0 Å². The van der Waals surface area contributed by atoms with Gasteiger partial charge in [-0.3, -0.25) is 0 Å². The lowest BCUT2D eigenvalue weighted by Gasteiger charge is -2.17. The predicted molar refractivity (Wildman–Crippen MR) is 61.6 cm³/mol. The van der Waals surface area contributed by atoms with Crippen molar-refractivity contribution >= 4 is 0 Å². The zero-order chi connectivity index (χ0) is 11.4. The summed E-state index contributed by atoms with van der Waals surface area (Å²) in [6.07, 6.45) is 5.91. The SMILES string of the molecule is CCC(CC1CCCO1)c1cccoc1=O. The molecule has 1 aliphatic rings. The highest BCUT2D eigenvalue weighted by Crippen LogP contribution is 2.27. The standard InChI is InChI=1S/C13H18O3/c1-2-10(9-11-5-3-7-15-11)12-6-4-8-16-13(12)14/h4,6,8,10-11H,2-3,5,7,9H2,1H3. The first-order valence-corrected chi connectivity index (χ1v) is 6.00. The number of hydrogen-bond donors (Lipinski definition) is 0. The van der Waals surface area contributed by atoms with Crippen molar-refractivity contribution < 1.29 is 9.15 Å². The largest absolute Gasteiger partial charge is 0.431 e. The van der Waals surface area contributed by atoms with Gasteiger partial charge in [-0.15, -0.1) is 0 Å². The Morgan fingerprint density at radius 3 is 3.06 bits per heavy atom. The molecular weight excluding hydrogens is 204 g/mol.